The Morgan fingerprint density at radius 2 is 2.17 bits per heavy atom. The van der Waals surface area contributed by atoms with Crippen molar-refractivity contribution in [1.29, 1.82) is 0 Å². The third-order valence-corrected chi connectivity index (χ3v) is 0.889. The van der Waals surface area contributed by atoms with Crippen molar-refractivity contribution in [2.45, 2.75) is 13.3 Å². The molecular formula is C3H7OSnTi. The van der Waals surface area contributed by atoms with Crippen LogP contribution in [0.25, 0.3) is 0 Å². The van der Waals surface area contributed by atoms with Crippen LogP contribution >= 0.6 is 0 Å². The molecule has 0 atom stereocenters. The average molecular weight is 226 g/mol. The van der Waals surface area contributed by atoms with E-state index in [2.05, 4.69) is 6.92 Å². The Bertz CT molecular complexity index is 18.3. The predicted octanol–water partition coefficient (Wildman–Crippen LogP) is 0.494. The second kappa shape index (κ2) is 9.69. The molecule has 3 radical (unpaired) electrons. The van der Waals surface area contributed by atoms with Crippen LogP contribution in [0.4, 0.5) is 0 Å². The van der Waals surface area contributed by atoms with Crippen molar-refractivity contribution < 1.29 is 24.8 Å². The summed E-state index contributed by atoms with van der Waals surface area (Å²) in [7, 11) is 0. The molecule has 0 aromatic rings. The molecule has 0 aromatic heterocycles. The summed E-state index contributed by atoms with van der Waals surface area (Å²) in [5.41, 5.74) is 0. The Labute approximate surface area is 67.3 Å². The molecule has 33 valence electrons. The zero-order valence-electron chi connectivity index (χ0n) is 3.82. The van der Waals surface area contributed by atoms with Crippen molar-refractivity contribution in [2.24, 2.45) is 0 Å². The summed E-state index contributed by atoms with van der Waals surface area (Å²) in [6.07, 6.45) is 1.14. The largest absolute Gasteiger partial charge is 0 e. The molecule has 0 rings (SSSR count). The summed E-state index contributed by atoms with van der Waals surface area (Å²) in [5, 5.41) is 0. The Morgan fingerprint density at radius 3 is 2.17 bits per heavy atom. The van der Waals surface area contributed by atoms with E-state index in [4.69, 9.17) is 3.07 Å². The quantitative estimate of drug-likeness (QED) is 0.622. The SMILES string of the molecule is CCC[O][Sn].[Ti]. The third-order valence-electron chi connectivity index (χ3n) is 0.306. The fourth-order valence-electron chi connectivity index (χ4n) is 0.102. The van der Waals surface area contributed by atoms with Gasteiger partial charge in [0.2, 0.25) is 0 Å². The molecule has 0 amide bonds. The minimum Gasteiger partial charge on any atom is 0 e. The molecule has 0 fully saturated rings. The van der Waals surface area contributed by atoms with Gasteiger partial charge in [0.25, 0.3) is 0 Å². The molecule has 0 aromatic carbocycles. The van der Waals surface area contributed by atoms with E-state index in [0.29, 0.717) is 0 Å². The molecule has 0 N–H and O–H groups in total. The molecule has 3 heteroatoms. The predicted molar refractivity (Wildman–Crippen MR) is 22.0 cm³/mol. The second-order valence-electron chi connectivity index (χ2n) is 0.848. The maximum atomic E-state index is 4.78. The first-order valence-electron chi connectivity index (χ1n) is 1.70. The second-order valence-corrected chi connectivity index (χ2v) is 1.67. The van der Waals surface area contributed by atoms with Gasteiger partial charge in [-0.15, -0.1) is 0 Å². The monoisotopic (exact) mass is 227 g/mol. The van der Waals surface area contributed by atoms with Crippen LogP contribution in [-0.4, -0.2) is 29.5 Å². The first-order valence-corrected chi connectivity index (χ1v) is 2.87. The Hall–Kier alpha value is 1.47. The van der Waals surface area contributed by atoms with Gasteiger partial charge in [-0.3, -0.25) is 0 Å². The summed E-state index contributed by atoms with van der Waals surface area (Å²) in [4.78, 5) is 0. The molecule has 0 spiro atoms. The van der Waals surface area contributed by atoms with Crippen molar-refractivity contribution >= 4 is 22.9 Å². The van der Waals surface area contributed by atoms with Crippen LogP contribution in [-0.2, 0) is 24.8 Å². The van der Waals surface area contributed by atoms with E-state index < -0.39 is 0 Å². The van der Waals surface area contributed by atoms with E-state index in [1.807, 2.05) is 0 Å². The van der Waals surface area contributed by atoms with E-state index in [1.54, 1.807) is 0 Å². The van der Waals surface area contributed by atoms with Crippen LogP contribution in [0.1, 0.15) is 13.3 Å². The molecule has 0 heterocycles. The van der Waals surface area contributed by atoms with Gasteiger partial charge in [0.15, 0.2) is 0 Å². The average Bonchev–Trinajstić information content (AvgIpc) is 1.41. The van der Waals surface area contributed by atoms with Gasteiger partial charge in [0.1, 0.15) is 0 Å². The van der Waals surface area contributed by atoms with Gasteiger partial charge in [-0.1, -0.05) is 0 Å². The number of hydrogen-bond acceptors (Lipinski definition) is 1. The van der Waals surface area contributed by atoms with E-state index >= 15 is 0 Å². The molecule has 0 bridgehead atoms. The molecule has 6 heavy (non-hydrogen) atoms. The van der Waals surface area contributed by atoms with Crippen LogP contribution in [0, 0.1) is 0 Å². The van der Waals surface area contributed by atoms with Gasteiger partial charge in [0.05, 0.1) is 0 Å². The van der Waals surface area contributed by atoms with Crippen molar-refractivity contribution in [3.63, 3.8) is 0 Å². The van der Waals surface area contributed by atoms with Gasteiger partial charge in [-0.25, -0.2) is 0 Å². The summed E-state index contributed by atoms with van der Waals surface area (Å²) >= 11 is 1.18. The van der Waals surface area contributed by atoms with Crippen molar-refractivity contribution in [2.75, 3.05) is 6.61 Å². The van der Waals surface area contributed by atoms with E-state index in [-0.39, 0.29) is 21.7 Å². The van der Waals surface area contributed by atoms with Crippen LogP contribution < -0.4 is 0 Å². The van der Waals surface area contributed by atoms with E-state index in [0.717, 1.165) is 13.0 Å². The molecule has 0 aliphatic rings. The molecule has 0 aliphatic carbocycles. The fourth-order valence-corrected chi connectivity index (χ4v) is 0.685. The molecular weight excluding hydrogens is 219 g/mol. The maximum absolute atomic E-state index is 4.78. The summed E-state index contributed by atoms with van der Waals surface area (Å²) in [5.74, 6) is 0. The van der Waals surface area contributed by atoms with Gasteiger partial charge in [0, 0.05) is 21.7 Å². The molecule has 0 unspecified atom stereocenters. The fraction of sp³-hybridized carbons (Fsp3) is 1.00. The van der Waals surface area contributed by atoms with Crippen molar-refractivity contribution in [3.8, 4) is 0 Å². The Morgan fingerprint density at radius 1 is 1.67 bits per heavy atom. The van der Waals surface area contributed by atoms with E-state index in [1.165, 1.54) is 22.9 Å². The van der Waals surface area contributed by atoms with Crippen molar-refractivity contribution in [1.82, 2.24) is 0 Å². The van der Waals surface area contributed by atoms with Crippen LogP contribution in [0.3, 0.4) is 0 Å². The smallest absolute Gasteiger partial charge is 0 e. The minimum absolute atomic E-state index is 0. The van der Waals surface area contributed by atoms with Gasteiger partial charge in [-0.05, 0) is 0 Å². The van der Waals surface area contributed by atoms with Crippen LogP contribution in [0.15, 0.2) is 0 Å². The molecule has 0 aliphatic heterocycles. The summed E-state index contributed by atoms with van der Waals surface area (Å²) in [6.45, 7) is 3.03. The number of rotatable bonds is 2. The van der Waals surface area contributed by atoms with E-state index in [9.17, 15) is 0 Å². The first-order chi connectivity index (χ1) is 2.41. The molecule has 0 saturated heterocycles. The number of hydrogen-bond donors (Lipinski definition) is 0. The minimum atomic E-state index is 0. The third kappa shape index (κ3) is 9.08. The first kappa shape index (κ1) is 10.5. The molecule has 1 nitrogen and oxygen atoms in total. The standard InChI is InChI=1S/C3H7O.Sn.Ti/c1-2-3-4;;/h2-3H2,1H3;;/q-1;+1;. The zero-order valence-corrected chi connectivity index (χ0v) is 8.24. The van der Waals surface area contributed by atoms with Gasteiger partial charge >= 0.3 is 46.0 Å². The Balaban J connectivity index is 0. The van der Waals surface area contributed by atoms with Gasteiger partial charge < -0.3 is 0 Å². The molecule has 0 saturated carbocycles. The van der Waals surface area contributed by atoms with Crippen LogP contribution in [0.5, 0.6) is 0 Å². The normalized spacial score (nSPS) is 7.00. The zero-order chi connectivity index (χ0) is 4.12. The topological polar surface area (TPSA) is 9.23 Å². The Kier molecular flexibility index (Phi) is 16.9. The van der Waals surface area contributed by atoms with Gasteiger partial charge in [-0.2, -0.15) is 0 Å². The van der Waals surface area contributed by atoms with Crippen molar-refractivity contribution in [3.05, 3.63) is 0 Å². The van der Waals surface area contributed by atoms with Crippen LogP contribution in [0.2, 0.25) is 0 Å². The maximum Gasteiger partial charge on any atom is 0 e. The summed E-state index contributed by atoms with van der Waals surface area (Å²) in [6, 6.07) is 0. The summed E-state index contributed by atoms with van der Waals surface area (Å²) < 4.78 is 4.78.